The summed E-state index contributed by atoms with van der Waals surface area (Å²) in [7, 11) is 0. The molecule has 0 amide bonds. The zero-order valence-corrected chi connectivity index (χ0v) is 48.0. The van der Waals surface area contributed by atoms with Gasteiger partial charge < -0.3 is 14.2 Å². The predicted octanol–water partition coefficient (Wildman–Crippen LogP) is 21.4. The van der Waals surface area contributed by atoms with E-state index in [0.717, 1.165) is 70.6 Å². The minimum Gasteiger partial charge on any atom is -0.462 e. The zero-order chi connectivity index (χ0) is 51.4. The van der Waals surface area contributed by atoms with Crippen LogP contribution in [-0.4, -0.2) is 37.2 Å². The Labute approximate surface area is 443 Å². The Kier molecular flexibility index (Phi) is 58.6. The lowest BCUT2D eigenvalue weighted by molar-refractivity contribution is -0.167. The molecule has 0 spiro atoms. The molecule has 1 unspecified atom stereocenters. The maximum absolute atomic E-state index is 12.8. The highest BCUT2D eigenvalue weighted by molar-refractivity contribution is 5.71. The van der Waals surface area contributed by atoms with Gasteiger partial charge in [-0.05, 0) is 70.6 Å². The average molecular weight is 1000 g/mol. The van der Waals surface area contributed by atoms with Crippen molar-refractivity contribution in [2.45, 2.75) is 361 Å². The first-order valence-electron chi connectivity index (χ1n) is 31.8. The third-order valence-corrected chi connectivity index (χ3v) is 14.4. The second kappa shape index (κ2) is 60.4. The lowest BCUT2D eigenvalue weighted by atomic mass is 10.0. The number of allylic oxidation sites excluding steroid dienone is 4. The van der Waals surface area contributed by atoms with Gasteiger partial charge in [0.05, 0.1) is 0 Å². The maximum atomic E-state index is 12.8. The summed E-state index contributed by atoms with van der Waals surface area (Å²) in [4.78, 5) is 38.2. The highest BCUT2D eigenvalue weighted by atomic mass is 16.6. The van der Waals surface area contributed by atoms with Gasteiger partial charge in [-0.3, -0.25) is 14.4 Å². The van der Waals surface area contributed by atoms with Gasteiger partial charge in [-0.25, -0.2) is 0 Å². The third-order valence-electron chi connectivity index (χ3n) is 14.4. The zero-order valence-electron chi connectivity index (χ0n) is 48.0. The van der Waals surface area contributed by atoms with Crippen LogP contribution < -0.4 is 0 Å². The molecule has 0 saturated carbocycles. The summed E-state index contributed by atoms with van der Waals surface area (Å²) in [5, 5.41) is 0. The fourth-order valence-corrected chi connectivity index (χ4v) is 9.61. The lowest BCUT2D eigenvalue weighted by Gasteiger charge is -2.18. The summed E-state index contributed by atoms with van der Waals surface area (Å²) in [6.45, 7) is 6.65. The standard InChI is InChI=1S/C65H122O6/c1-4-7-10-13-16-19-22-25-27-28-29-30-31-32-33-34-35-36-37-38-39-41-43-46-49-52-55-58-64(67)70-61-62(60-69-63(66)57-54-51-48-45-42-24-21-18-15-12-9-6-3)71-65(68)59-56-53-50-47-44-40-26-23-20-17-14-11-8-5-2/h18,21,23,26,62H,4-17,19-20,22,24-25,27-61H2,1-3H3/b21-18-,26-23-. The summed E-state index contributed by atoms with van der Waals surface area (Å²) in [5.74, 6) is -0.869. The number of carbonyl (C=O) groups excluding carboxylic acids is 3. The van der Waals surface area contributed by atoms with Crippen molar-refractivity contribution in [2.75, 3.05) is 13.2 Å². The normalized spacial score (nSPS) is 12.1. The van der Waals surface area contributed by atoms with Gasteiger partial charge in [0.2, 0.25) is 0 Å². The number of esters is 3. The Bertz CT molecular complexity index is 1150. The minimum absolute atomic E-state index is 0.0727. The molecular formula is C65H122O6. The van der Waals surface area contributed by atoms with E-state index in [-0.39, 0.29) is 31.1 Å². The first kappa shape index (κ1) is 68.9. The van der Waals surface area contributed by atoms with E-state index in [1.54, 1.807) is 0 Å². The van der Waals surface area contributed by atoms with Crippen LogP contribution in [0.3, 0.4) is 0 Å². The monoisotopic (exact) mass is 999 g/mol. The van der Waals surface area contributed by atoms with Crippen LogP contribution in [0.5, 0.6) is 0 Å². The van der Waals surface area contributed by atoms with Gasteiger partial charge in [0, 0.05) is 19.3 Å². The van der Waals surface area contributed by atoms with E-state index in [9.17, 15) is 14.4 Å². The van der Waals surface area contributed by atoms with E-state index >= 15 is 0 Å². The molecule has 0 N–H and O–H groups in total. The van der Waals surface area contributed by atoms with Crippen molar-refractivity contribution in [3.8, 4) is 0 Å². The quantitative estimate of drug-likeness (QED) is 0.0261. The number of hydrogen-bond acceptors (Lipinski definition) is 6. The van der Waals surface area contributed by atoms with Gasteiger partial charge in [-0.1, -0.05) is 289 Å². The summed E-state index contributed by atoms with van der Waals surface area (Å²) in [5.41, 5.74) is 0. The van der Waals surface area contributed by atoms with Crippen molar-refractivity contribution < 1.29 is 28.6 Å². The van der Waals surface area contributed by atoms with Crippen LogP contribution in [0.15, 0.2) is 24.3 Å². The van der Waals surface area contributed by atoms with Crippen LogP contribution in [0.25, 0.3) is 0 Å². The molecule has 0 heterocycles. The molecule has 0 aliphatic rings. The van der Waals surface area contributed by atoms with Crippen LogP contribution in [0.4, 0.5) is 0 Å². The predicted molar refractivity (Wildman–Crippen MR) is 307 cm³/mol. The molecule has 6 nitrogen and oxygen atoms in total. The average Bonchev–Trinajstić information content (AvgIpc) is 3.37. The van der Waals surface area contributed by atoms with Gasteiger partial charge in [-0.15, -0.1) is 0 Å². The fraction of sp³-hybridized carbons (Fsp3) is 0.892. The molecule has 0 radical (unpaired) electrons. The van der Waals surface area contributed by atoms with E-state index < -0.39 is 6.10 Å². The van der Waals surface area contributed by atoms with Crippen LogP contribution in [0.2, 0.25) is 0 Å². The largest absolute Gasteiger partial charge is 0.462 e. The first-order chi connectivity index (χ1) is 35.0. The SMILES string of the molecule is CCCCC/C=C\CCCCCCCC(=O)OCC(COC(=O)CCCCCCCCCCCCCCCCCCCCCCCCCCCCC)OC(=O)CCCCCCC/C=C\CCCCCCC. The van der Waals surface area contributed by atoms with Crippen LogP contribution in [-0.2, 0) is 28.6 Å². The van der Waals surface area contributed by atoms with E-state index in [2.05, 4.69) is 45.1 Å². The van der Waals surface area contributed by atoms with E-state index in [0.29, 0.717) is 19.3 Å². The Morgan fingerprint density at radius 2 is 0.465 bits per heavy atom. The van der Waals surface area contributed by atoms with Gasteiger partial charge in [0.15, 0.2) is 6.10 Å². The molecule has 1 atom stereocenters. The van der Waals surface area contributed by atoms with Crippen molar-refractivity contribution in [1.29, 1.82) is 0 Å². The molecule has 0 rings (SSSR count). The van der Waals surface area contributed by atoms with Crippen molar-refractivity contribution in [3.63, 3.8) is 0 Å². The smallest absolute Gasteiger partial charge is 0.306 e. The summed E-state index contributed by atoms with van der Waals surface area (Å²) >= 11 is 0. The molecule has 0 saturated heterocycles. The topological polar surface area (TPSA) is 78.9 Å². The maximum Gasteiger partial charge on any atom is 0.306 e. The molecule has 0 aromatic carbocycles. The summed E-state index contributed by atoms with van der Waals surface area (Å²) in [6, 6.07) is 0. The Hall–Kier alpha value is -2.11. The Morgan fingerprint density at radius 1 is 0.268 bits per heavy atom. The number of hydrogen-bond donors (Lipinski definition) is 0. The summed E-state index contributed by atoms with van der Waals surface area (Å²) < 4.78 is 16.9. The molecule has 0 aromatic rings. The van der Waals surface area contributed by atoms with Crippen molar-refractivity contribution in [1.82, 2.24) is 0 Å². The van der Waals surface area contributed by atoms with Gasteiger partial charge in [-0.2, -0.15) is 0 Å². The molecule has 418 valence electrons. The minimum atomic E-state index is -0.775. The third kappa shape index (κ3) is 58.7. The van der Waals surface area contributed by atoms with E-state index in [1.807, 2.05) is 0 Å². The Morgan fingerprint density at radius 3 is 0.732 bits per heavy atom. The number of ether oxygens (including phenoxy) is 3. The molecule has 6 heteroatoms. The van der Waals surface area contributed by atoms with Gasteiger partial charge in [0.25, 0.3) is 0 Å². The second-order valence-corrected chi connectivity index (χ2v) is 21.7. The number of carbonyl (C=O) groups is 3. The molecular weight excluding hydrogens is 877 g/mol. The molecule has 0 aromatic heterocycles. The Balaban J connectivity index is 4.15. The van der Waals surface area contributed by atoms with Crippen molar-refractivity contribution in [3.05, 3.63) is 24.3 Å². The lowest BCUT2D eigenvalue weighted by Crippen LogP contribution is -2.30. The van der Waals surface area contributed by atoms with E-state index in [1.165, 1.54) is 244 Å². The highest BCUT2D eigenvalue weighted by Gasteiger charge is 2.19. The van der Waals surface area contributed by atoms with Gasteiger partial charge in [0.1, 0.15) is 13.2 Å². The number of unbranched alkanes of at least 4 members (excludes halogenated alkanes) is 44. The highest BCUT2D eigenvalue weighted by Crippen LogP contribution is 2.18. The van der Waals surface area contributed by atoms with Crippen molar-refractivity contribution in [2.24, 2.45) is 0 Å². The molecule has 0 aliphatic carbocycles. The molecule has 0 aliphatic heterocycles. The first-order valence-corrected chi connectivity index (χ1v) is 31.8. The number of rotatable bonds is 59. The molecule has 0 bridgehead atoms. The van der Waals surface area contributed by atoms with Crippen LogP contribution in [0, 0.1) is 0 Å². The second-order valence-electron chi connectivity index (χ2n) is 21.7. The summed E-state index contributed by atoms with van der Waals surface area (Å²) in [6.07, 6.45) is 72.0. The van der Waals surface area contributed by atoms with E-state index in [4.69, 9.17) is 14.2 Å². The van der Waals surface area contributed by atoms with Crippen molar-refractivity contribution >= 4 is 17.9 Å². The van der Waals surface area contributed by atoms with Crippen LogP contribution >= 0.6 is 0 Å². The fourth-order valence-electron chi connectivity index (χ4n) is 9.61. The van der Waals surface area contributed by atoms with Gasteiger partial charge >= 0.3 is 17.9 Å². The molecule has 0 fully saturated rings. The van der Waals surface area contributed by atoms with Crippen LogP contribution in [0.1, 0.15) is 355 Å². The molecule has 71 heavy (non-hydrogen) atoms.